The van der Waals surface area contributed by atoms with Gasteiger partial charge in [-0.05, 0) is 62.1 Å². The first-order valence-electron chi connectivity index (χ1n) is 10.1. The van der Waals surface area contributed by atoms with Crippen molar-refractivity contribution >= 4 is 21.6 Å². The number of hydrogen-bond donors (Lipinski definition) is 1. The van der Waals surface area contributed by atoms with Crippen LogP contribution in [0.3, 0.4) is 0 Å². The predicted octanol–water partition coefficient (Wildman–Crippen LogP) is 3.52. The summed E-state index contributed by atoms with van der Waals surface area (Å²) in [4.78, 5) is 12.4. The van der Waals surface area contributed by atoms with Gasteiger partial charge in [0.15, 0.2) is 18.1 Å². The molecule has 1 amide bonds. The highest BCUT2D eigenvalue weighted by molar-refractivity contribution is 7.89. The molecule has 1 aliphatic heterocycles. The van der Waals surface area contributed by atoms with Crippen molar-refractivity contribution < 1.29 is 22.7 Å². The van der Waals surface area contributed by atoms with Crippen LogP contribution in [-0.4, -0.2) is 44.9 Å². The number of amides is 1. The lowest BCUT2D eigenvalue weighted by atomic mass is 10.0. The number of sulfonamides is 1. The van der Waals surface area contributed by atoms with Gasteiger partial charge in [0.2, 0.25) is 10.0 Å². The molecule has 8 heteroatoms. The number of hydrogen-bond acceptors (Lipinski definition) is 5. The number of rotatable bonds is 8. The number of carbonyl (C=O) groups is 1. The minimum Gasteiger partial charge on any atom is -0.490 e. The summed E-state index contributed by atoms with van der Waals surface area (Å²) in [6.45, 7) is 5.34. The molecule has 0 bridgehead atoms. The van der Waals surface area contributed by atoms with Crippen molar-refractivity contribution in [3.8, 4) is 11.5 Å². The second-order valence-corrected chi connectivity index (χ2v) is 9.29. The highest BCUT2D eigenvalue weighted by Gasteiger charge is 2.28. The van der Waals surface area contributed by atoms with E-state index in [9.17, 15) is 13.2 Å². The molecule has 0 radical (unpaired) electrons. The molecule has 3 rings (SSSR count). The first kappa shape index (κ1) is 22.1. The van der Waals surface area contributed by atoms with E-state index in [4.69, 9.17) is 9.47 Å². The third-order valence-electron chi connectivity index (χ3n) is 4.90. The van der Waals surface area contributed by atoms with Crippen LogP contribution in [0.4, 0.5) is 5.69 Å². The van der Waals surface area contributed by atoms with Gasteiger partial charge in [0.05, 0.1) is 11.5 Å². The van der Waals surface area contributed by atoms with Crippen LogP contribution in [0.5, 0.6) is 11.5 Å². The van der Waals surface area contributed by atoms with Gasteiger partial charge in [0, 0.05) is 18.8 Å². The van der Waals surface area contributed by atoms with Crippen molar-refractivity contribution in [1.82, 2.24) is 4.31 Å². The van der Waals surface area contributed by atoms with Gasteiger partial charge in [-0.15, -0.1) is 0 Å². The lowest BCUT2D eigenvalue weighted by Gasteiger charge is -2.30. The van der Waals surface area contributed by atoms with E-state index >= 15 is 0 Å². The monoisotopic (exact) mass is 432 g/mol. The van der Waals surface area contributed by atoms with Crippen molar-refractivity contribution in [1.29, 1.82) is 0 Å². The lowest BCUT2D eigenvalue weighted by molar-refractivity contribution is -0.118. The SMILES string of the molecule is CCOc1ccccc1OCC(=O)Nc1ccc(S(=O)(=O)N2CCCC(C)C2)cc1. The number of piperidine rings is 1. The fourth-order valence-corrected chi connectivity index (χ4v) is 5.01. The third kappa shape index (κ3) is 5.52. The largest absolute Gasteiger partial charge is 0.490 e. The van der Waals surface area contributed by atoms with Crippen molar-refractivity contribution in [2.45, 2.75) is 31.6 Å². The van der Waals surface area contributed by atoms with Gasteiger partial charge in [-0.2, -0.15) is 4.31 Å². The van der Waals surface area contributed by atoms with E-state index in [0.29, 0.717) is 42.8 Å². The summed E-state index contributed by atoms with van der Waals surface area (Å²) in [5.41, 5.74) is 0.507. The van der Waals surface area contributed by atoms with Gasteiger partial charge >= 0.3 is 0 Å². The van der Waals surface area contributed by atoms with Gasteiger partial charge in [-0.1, -0.05) is 19.1 Å². The molecule has 1 unspecified atom stereocenters. The Kier molecular flexibility index (Phi) is 7.33. The summed E-state index contributed by atoms with van der Waals surface area (Å²) in [6, 6.07) is 13.4. The van der Waals surface area contributed by atoms with Crippen LogP contribution in [0.1, 0.15) is 26.7 Å². The second kappa shape index (κ2) is 9.95. The Morgan fingerprint density at radius 1 is 1.10 bits per heavy atom. The number of carbonyl (C=O) groups excluding carboxylic acids is 1. The summed E-state index contributed by atoms with van der Waals surface area (Å²) in [5.74, 6) is 1.09. The summed E-state index contributed by atoms with van der Waals surface area (Å²) < 4.78 is 38.2. The van der Waals surface area contributed by atoms with Gasteiger partial charge in [-0.3, -0.25) is 4.79 Å². The lowest BCUT2D eigenvalue weighted by Crippen LogP contribution is -2.39. The summed E-state index contributed by atoms with van der Waals surface area (Å²) in [7, 11) is -3.51. The minimum atomic E-state index is -3.51. The average molecular weight is 433 g/mol. The molecule has 1 heterocycles. The molecule has 0 saturated carbocycles. The van der Waals surface area contributed by atoms with Crippen molar-refractivity contribution in [2.24, 2.45) is 5.92 Å². The number of anilines is 1. The van der Waals surface area contributed by atoms with Gasteiger partial charge in [-0.25, -0.2) is 8.42 Å². The Bertz CT molecular complexity index is 960. The molecule has 1 saturated heterocycles. The zero-order chi connectivity index (χ0) is 21.6. The quantitative estimate of drug-likeness (QED) is 0.690. The first-order chi connectivity index (χ1) is 14.4. The maximum Gasteiger partial charge on any atom is 0.262 e. The maximum atomic E-state index is 12.8. The number of ether oxygens (including phenoxy) is 2. The van der Waals surface area contributed by atoms with Gasteiger partial charge in [0.1, 0.15) is 0 Å². The molecule has 2 aromatic rings. The fraction of sp³-hybridized carbons (Fsp3) is 0.409. The van der Waals surface area contributed by atoms with E-state index in [0.717, 1.165) is 12.8 Å². The molecule has 1 fully saturated rings. The predicted molar refractivity (Wildman–Crippen MR) is 115 cm³/mol. The highest BCUT2D eigenvalue weighted by Crippen LogP contribution is 2.27. The Labute approximate surface area is 178 Å². The standard InChI is InChI=1S/C22H28N2O5S/c1-3-28-20-8-4-5-9-21(20)29-16-22(25)23-18-10-12-19(13-11-18)30(26,27)24-14-6-7-17(2)15-24/h4-5,8-13,17H,3,6-7,14-16H2,1-2H3,(H,23,25). The van der Waals surface area contributed by atoms with Crippen LogP contribution >= 0.6 is 0 Å². The number of para-hydroxylation sites is 2. The third-order valence-corrected chi connectivity index (χ3v) is 6.78. The van der Waals surface area contributed by atoms with E-state index in [2.05, 4.69) is 12.2 Å². The molecule has 7 nitrogen and oxygen atoms in total. The molecule has 0 aliphatic carbocycles. The Balaban J connectivity index is 1.58. The molecular weight excluding hydrogens is 404 g/mol. The zero-order valence-electron chi connectivity index (χ0n) is 17.3. The topological polar surface area (TPSA) is 84.9 Å². The Morgan fingerprint density at radius 3 is 2.40 bits per heavy atom. The molecule has 162 valence electrons. The molecule has 30 heavy (non-hydrogen) atoms. The molecule has 0 aromatic heterocycles. The number of nitrogens with zero attached hydrogens (tertiary/aromatic N) is 1. The van der Waals surface area contributed by atoms with Gasteiger partial charge in [0.25, 0.3) is 5.91 Å². The zero-order valence-corrected chi connectivity index (χ0v) is 18.2. The van der Waals surface area contributed by atoms with Crippen molar-refractivity contribution in [3.05, 3.63) is 48.5 Å². The molecule has 2 aromatic carbocycles. The van der Waals surface area contributed by atoms with E-state index < -0.39 is 10.0 Å². The summed E-state index contributed by atoms with van der Waals surface area (Å²) in [6.07, 6.45) is 1.93. The molecule has 1 atom stereocenters. The summed E-state index contributed by atoms with van der Waals surface area (Å²) in [5, 5.41) is 2.72. The Morgan fingerprint density at radius 2 is 1.77 bits per heavy atom. The fourth-order valence-electron chi connectivity index (χ4n) is 3.41. The molecule has 0 spiro atoms. The van der Waals surface area contributed by atoms with Crippen LogP contribution in [0, 0.1) is 5.92 Å². The normalized spacial score (nSPS) is 17.3. The smallest absolute Gasteiger partial charge is 0.262 e. The van der Waals surface area contributed by atoms with Crippen LogP contribution in [0.25, 0.3) is 0 Å². The second-order valence-electron chi connectivity index (χ2n) is 7.35. The Hall–Kier alpha value is -2.58. The molecular formula is C22H28N2O5S. The first-order valence-corrected chi connectivity index (χ1v) is 11.6. The van der Waals surface area contributed by atoms with Crippen molar-refractivity contribution in [2.75, 3.05) is 31.6 Å². The maximum absolute atomic E-state index is 12.8. The van der Waals surface area contributed by atoms with Crippen LogP contribution in [0.2, 0.25) is 0 Å². The average Bonchev–Trinajstić information content (AvgIpc) is 2.74. The van der Waals surface area contributed by atoms with Crippen LogP contribution < -0.4 is 14.8 Å². The van der Waals surface area contributed by atoms with Crippen molar-refractivity contribution in [3.63, 3.8) is 0 Å². The van der Waals surface area contributed by atoms with Gasteiger partial charge < -0.3 is 14.8 Å². The molecule has 1 N–H and O–H groups in total. The minimum absolute atomic E-state index is 0.185. The van der Waals surface area contributed by atoms with E-state index in [1.54, 1.807) is 34.6 Å². The highest BCUT2D eigenvalue weighted by atomic mass is 32.2. The van der Waals surface area contributed by atoms with Crippen LogP contribution in [0.15, 0.2) is 53.4 Å². The number of benzene rings is 2. The molecule has 1 aliphatic rings. The van der Waals surface area contributed by atoms with E-state index in [1.807, 2.05) is 13.0 Å². The van der Waals surface area contributed by atoms with E-state index in [-0.39, 0.29) is 17.4 Å². The van der Waals surface area contributed by atoms with E-state index in [1.165, 1.54) is 12.1 Å². The number of nitrogens with one attached hydrogen (secondary N) is 1. The van der Waals surface area contributed by atoms with Crippen LogP contribution in [-0.2, 0) is 14.8 Å². The summed E-state index contributed by atoms with van der Waals surface area (Å²) >= 11 is 0.